The largest absolute Gasteiger partial charge is 0.347 e. The first-order valence-electron chi connectivity index (χ1n) is 10.9. The van der Waals surface area contributed by atoms with Gasteiger partial charge in [0.1, 0.15) is 16.4 Å². The van der Waals surface area contributed by atoms with Crippen LogP contribution in [0.2, 0.25) is 0 Å². The summed E-state index contributed by atoms with van der Waals surface area (Å²) >= 11 is 0. The number of aromatic nitrogens is 5. The van der Waals surface area contributed by atoms with Crippen LogP contribution in [0.3, 0.4) is 0 Å². The van der Waals surface area contributed by atoms with Gasteiger partial charge in [-0.25, -0.2) is 18.4 Å². The maximum atomic E-state index is 13.4. The summed E-state index contributed by atoms with van der Waals surface area (Å²) in [5.41, 5.74) is 3.33. The molecule has 0 spiro atoms. The van der Waals surface area contributed by atoms with Gasteiger partial charge in [-0.2, -0.15) is 9.40 Å². The summed E-state index contributed by atoms with van der Waals surface area (Å²) < 4.78 is 31.7. The number of benzene rings is 1. The Morgan fingerprint density at radius 1 is 1.18 bits per heavy atom. The molecule has 0 atom stereocenters. The van der Waals surface area contributed by atoms with E-state index in [9.17, 15) is 13.2 Å². The highest BCUT2D eigenvalue weighted by molar-refractivity contribution is 7.89. The highest BCUT2D eigenvalue weighted by Crippen LogP contribution is 2.26. The van der Waals surface area contributed by atoms with Crippen LogP contribution in [0.4, 0.5) is 0 Å². The predicted molar refractivity (Wildman–Crippen MR) is 125 cm³/mol. The van der Waals surface area contributed by atoms with Gasteiger partial charge in [-0.3, -0.25) is 9.48 Å². The molecule has 0 bridgehead atoms. The summed E-state index contributed by atoms with van der Waals surface area (Å²) in [4.78, 5) is 21.9. The number of sulfonamides is 1. The van der Waals surface area contributed by atoms with Crippen LogP contribution in [0.25, 0.3) is 10.9 Å². The number of hydrogen-bond acceptors (Lipinski definition) is 6. The number of hydrogen-bond donors (Lipinski definition) is 1. The topological polar surface area (TPSA) is 115 Å². The average Bonchev–Trinajstić information content (AvgIpc) is 3.41. The van der Waals surface area contributed by atoms with Crippen molar-refractivity contribution in [1.82, 2.24) is 33.9 Å². The summed E-state index contributed by atoms with van der Waals surface area (Å²) in [7, 11) is -2.08. The minimum Gasteiger partial charge on any atom is -0.347 e. The molecular weight excluding hydrogens is 454 g/mol. The van der Waals surface area contributed by atoms with Crippen LogP contribution in [0, 0.1) is 13.8 Å². The van der Waals surface area contributed by atoms with Gasteiger partial charge in [0.15, 0.2) is 0 Å². The van der Waals surface area contributed by atoms with E-state index in [-0.39, 0.29) is 29.6 Å². The van der Waals surface area contributed by atoms with Crippen molar-refractivity contribution < 1.29 is 13.2 Å². The molecule has 0 aliphatic carbocycles. The second-order valence-corrected chi connectivity index (χ2v) is 10.3. The molecule has 0 saturated heterocycles. The minimum absolute atomic E-state index is 0.141. The van der Waals surface area contributed by atoms with Crippen molar-refractivity contribution in [3.63, 3.8) is 0 Å². The highest BCUT2D eigenvalue weighted by atomic mass is 32.2. The van der Waals surface area contributed by atoms with Gasteiger partial charge >= 0.3 is 0 Å². The zero-order valence-corrected chi connectivity index (χ0v) is 20.0. The molecule has 3 aromatic heterocycles. The maximum absolute atomic E-state index is 13.4. The lowest BCUT2D eigenvalue weighted by molar-refractivity contribution is 0.0942. The van der Waals surface area contributed by atoms with E-state index in [2.05, 4.69) is 20.4 Å². The molecule has 4 aromatic rings. The molecule has 0 saturated carbocycles. The quantitative estimate of drug-likeness (QED) is 0.468. The van der Waals surface area contributed by atoms with Gasteiger partial charge in [-0.15, -0.1) is 0 Å². The summed E-state index contributed by atoms with van der Waals surface area (Å²) in [6.45, 7) is 4.88. The Hall–Kier alpha value is -3.57. The van der Waals surface area contributed by atoms with E-state index in [4.69, 9.17) is 0 Å². The van der Waals surface area contributed by atoms with Gasteiger partial charge in [0, 0.05) is 43.6 Å². The Morgan fingerprint density at radius 3 is 2.82 bits per heavy atom. The fraction of sp³-hybridized carbons (Fsp3) is 0.304. The molecule has 10 nitrogen and oxygen atoms in total. The molecule has 1 aliphatic heterocycles. The standard InChI is InChI=1S/C23H25N7O3S/c1-15-22(34(32,33)29-9-10-30-18(14-29)7-8-26-30)11-21(28(15)3)23(31)25-12-17-5-4-6-20-19(17)13-24-16(2)27-20/h4-8,11,13H,9-10,12,14H2,1-3H3,(H,25,31). The number of amides is 1. The summed E-state index contributed by atoms with van der Waals surface area (Å²) in [6.07, 6.45) is 3.42. The Morgan fingerprint density at radius 2 is 2.00 bits per heavy atom. The zero-order chi connectivity index (χ0) is 24.0. The van der Waals surface area contributed by atoms with E-state index >= 15 is 0 Å². The van der Waals surface area contributed by atoms with E-state index in [1.807, 2.05) is 35.9 Å². The van der Waals surface area contributed by atoms with Crippen LogP contribution in [-0.4, -0.2) is 49.5 Å². The number of rotatable bonds is 5. The van der Waals surface area contributed by atoms with Crippen LogP contribution >= 0.6 is 0 Å². The van der Waals surface area contributed by atoms with Gasteiger partial charge in [0.25, 0.3) is 5.91 Å². The first kappa shape index (κ1) is 22.2. The predicted octanol–water partition coefficient (Wildman–Crippen LogP) is 1.92. The number of carbonyl (C=O) groups excluding carboxylic acids is 1. The van der Waals surface area contributed by atoms with E-state index in [0.29, 0.717) is 24.6 Å². The van der Waals surface area contributed by atoms with Crippen molar-refractivity contribution >= 4 is 26.8 Å². The van der Waals surface area contributed by atoms with Crippen LogP contribution in [-0.2, 0) is 36.7 Å². The lowest BCUT2D eigenvalue weighted by atomic mass is 10.1. The summed E-state index contributed by atoms with van der Waals surface area (Å²) in [6, 6.07) is 8.98. The molecule has 0 fully saturated rings. The molecule has 1 N–H and O–H groups in total. The van der Waals surface area contributed by atoms with Crippen molar-refractivity contribution in [3.05, 3.63) is 71.2 Å². The molecule has 0 unspecified atom stereocenters. The molecule has 176 valence electrons. The molecule has 1 aliphatic rings. The third-order valence-corrected chi connectivity index (χ3v) is 8.28. The minimum atomic E-state index is -3.77. The van der Waals surface area contributed by atoms with Crippen molar-refractivity contribution in [2.75, 3.05) is 6.54 Å². The average molecular weight is 480 g/mol. The smallest absolute Gasteiger partial charge is 0.268 e. The Bertz CT molecular complexity index is 1520. The molecule has 4 heterocycles. The Balaban J connectivity index is 1.38. The van der Waals surface area contributed by atoms with Crippen molar-refractivity contribution in [1.29, 1.82) is 0 Å². The van der Waals surface area contributed by atoms with Crippen LogP contribution in [0.1, 0.15) is 33.3 Å². The number of nitrogens with zero attached hydrogens (tertiary/aromatic N) is 6. The Kier molecular flexibility index (Phi) is 5.45. The summed E-state index contributed by atoms with van der Waals surface area (Å²) in [5, 5.41) is 7.98. The molecule has 34 heavy (non-hydrogen) atoms. The molecule has 0 radical (unpaired) electrons. The van der Waals surface area contributed by atoms with Gasteiger partial charge in [0.2, 0.25) is 10.0 Å². The molecule has 11 heteroatoms. The van der Waals surface area contributed by atoms with Crippen molar-refractivity contribution in [2.24, 2.45) is 7.05 Å². The molecule has 1 aromatic carbocycles. The SMILES string of the molecule is Cc1ncc2c(CNC(=O)c3cc(S(=O)(=O)N4CCn5nccc5C4)c(C)n3C)cccc2n1. The van der Waals surface area contributed by atoms with Crippen molar-refractivity contribution in [2.45, 2.75) is 38.4 Å². The maximum Gasteiger partial charge on any atom is 0.268 e. The lowest BCUT2D eigenvalue weighted by Crippen LogP contribution is -2.38. The van der Waals surface area contributed by atoms with Gasteiger partial charge in [-0.05, 0) is 37.6 Å². The highest BCUT2D eigenvalue weighted by Gasteiger charge is 2.32. The van der Waals surface area contributed by atoms with Crippen LogP contribution in [0.15, 0.2) is 47.6 Å². The van der Waals surface area contributed by atoms with Gasteiger partial charge in [-0.1, -0.05) is 12.1 Å². The number of fused-ring (bicyclic) bond motifs is 2. The van der Waals surface area contributed by atoms with Crippen LogP contribution < -0.4 is 5.32 Å². The molecular formula is C23H25N7O3S. The lowest BCUT2D eigenvalue weighted by Gasteiger charge is -2.26. The second kappa shape index (κ2) is 8.33. The molecule has 1 amide bonds. The second-order valence-electron chi connectivity index (χ2n) is 8.37. The van der Waals surface area contributed by atoms with Gasteiger partial charge < -0.3 is 9.88 Å². The third kappa shape index (κ3) is 3.76. The van der Waals surface area contributed by atoms with E-state index in [1.165, 1.54) is 10.4 Å². The van der Waals surface area contributed by atoms with E-state index < -0.39 is 10.0 Å². The van der Waals surface area contributed by atoms with Crippen molar-refractivity contribution in [3.8, 4) is 0 Å². The normalized spacial score (nSPS) is 14.3. The fourth-order valence-corrected chi connectivity index (χ4v) is 5.96. The number of nitrogens with one attached hydrogen (secondary N) is 1. The molecule has 5 rings (SSSR count). The van der Waals surface area contributed by atoms with Gasteiger partial charge in [0.05, 0.1) is 24.3 Å². The number of aryl methyl sites for hydroxylation is 1. The monoisotopic (exact) mass is 479 g/mol. The first-order chi connectivity index (χ1) is 16.3. The summed E-state index contributed by atoms with van der Waals surface area (Å²) in [5.74, 6) is 0.327. The van der Waals surface area contributed by atoms with Crippen LogP contribution in [0.5, 0.6) is 0 Å². The van der Waals surface area contributed by atoms with E-state index in [1.54, 1.807) is 30.9 Å². The zero-order valence-electron chi connectivity index (χ0n) is 19.2. The fourth-order valence-electron chi connectivity index (χ4n) is 4.28. The number of carbonyl (C=O) groups is 1. The van der Waals surface area contributed by atoms with E-state index in [0.717, 1.165) is 22.2 Å². The third-order valence-electron chi connectivity index (χ3n) is 6.32. The Labute approximate surface area is 197 Å². The first-order valence-corrected chi connectivity index (χ1v) is 12.4.